The smallest absolute Gasteiger partial charge is 0.126 e. The molecular weight excluding hydrogens is 202 g/mol. The largest absolute Gasteiger partial charge is 0.496 e. The lowest BCUT2D eigenvalue weighted by Crippen LogP contribution is -2.32. The molecule has 3 N–H and O–H groups in total. The van der Waals surface area contributed by atoms with Gasteiger partial charge in [-0.1, -0.05) is 17.7 Å². The van der Waals surface area contributed by atoms with Gasteiger partial charge in [0.2, 0.25) is 0 Å². The molecule has 1 atom stereocenters. The third-order valence-corrected chi connectivity index (χ3v) is 2.45. The van der Waals surface area contributed by atoms with Crippen molar-refractivity contribution in [3.05, 3.63) is 28.8 Å². The first-order chi connectivity index (χ1) is 6.53. The highest BCUT2D eigenvalue weighted by molar-refractivity contribution is 6.31. The van der Waals surface area contributed by atoms with Crippen molar-refractivity contribution in [3.8, 4) is 5.75 Å². The molecule has 0 amide bonds. The standard InChI is InChI=1S/C10H14ClNO2/c1-10(13,6-12)9-7(11)4-3-5-8(9)14-2/h3-5,13H,6,12H2,1-2H3. The summed E-state index contributed by atoms with van der Waals surface area (Å²) in [6, 6.07) is 5.20. The predicted molar refractivity (Wildman–Crippen MR) is 56.6 cm³/mol. The van der Waals surface area contributed by atoms with E-state index in [0.717, 1.165) is 0 Å². The first kappa shape index (κ1) is 11.3. The topological polar surface area (TPSA) is 55.5 Å². The van der Waals surface area contributed by atoms with E-state index in [1.807, 2.05) is 0 Å². The second-order valence-corrected chi connectivity index (χ2v) is 3.70. The Labute approximate surface area is 88.4 Å². The molecule has 1 aromatic carbocycles. The maximum Gasteiger partial charge on any atom is 0.126 e. The molecule has 1 rings (SSSR count). The van der Waals surface area contributed by atoms with E-state index in [-0.39, 0.29) is 6.54 Å². The number of hydrogen-bond acceptors (Lipinski definition) is 3. The normalized spacial score (nSPS) is 14.9. The molecule has 0 aliphatic carbocycles. The molecule has 0 saturated heterocycles. The van der Waals surface area contributed by atoms with Crippen LogP contribution in [0.25, 0.3) is 0 Å². The van der Waals surface area contributed by atoms with Crippen LogP contribution in [0.3, 0.4) is 0 Å². The van der Waals surface area contributed by atoms with Crippen molar-refractivity contribution in [2.75, 3.05) is 13.7 Å². The molecule has 78 valence electrons. The van der Waals surface area contributed by atoms with Crippen LogP contribution in [0, 0.1) is 0 Å². The number of benzene rings is 1. The van der Waals surface area contributed by atoms with Crippen molar-refractivity contribution in [1.82, 2.24) is 0 Å². The highest BCUT2D eigenvalue weighted by atomic mass is 35.5. The lowest BCUT2D eigenvalue weighted by Gasteiger charge is -2.24. The zero-order chi connectivity index (χ0) is 10.8. The van der Waals surface area contributed by atoms with Crippen LogP contribution < -0.4 is 10.5 Å². The van der Waals surface area contributed by atoms with Crippen LogP contribution in [0.5, 0.6) is 5.75 Å². The van der Waals surface area contributed by atoms with Gasteiger partial charge < -0.3 is 15.6 Å². The Morgan fingerprint density at radius 3 is 2.71 bits per heavy atom. The summed E-state index contributed by atoms with van der Waals surface area (Å²) in [5, 5.41) is 10.5. The fraction of sp³-hybridized carbons (Fsp3) is 0.400. The number of halogens is 1. The van der Waals surface area contributed by atoms with Crippen molar-refractivity contribution in [2.24, 2.45) is 5.73 Å². The highest BCUT2D eigenvalue weighted by Gasteiger charge is 2.27. The van der Waals surface area contributed by atoms with Gasteiger partial charge in [-0.25, -0.2) is 0 Å². The molecule has 0 saturated carbocycles. The van der Waals surface area contributed by atoms with E-state index in [1.165, 1.54) is 7.11 Å². The molecule has 0 aromatic heterocycles. The summed E-state index contributed by atoms with van der Waals surface area (Å²) in [7, 11) is 1.53. The minimum atomic E-state index is -1.16. The van der Waals surface area contributed by atoms with Gasteiger partial charge in [-0.05, 0) is 19.1 Å². The lowest BCUT2D eigenvalue weighted by atomic mass is 9.95. The lowest BCUT2D eigenvalue weighted by molar-refractivity contribution is 0.0642. The summed E-state index contributed by atoms with van der Waals surface area (Å²) in [4.78, 5) is 0. The summed E-state index contributed by atoms with van der Waals surface area (Å²) in [5.74, 6) is 0.549. The summed E-state index contributed by atoms with van der Waals surface area (Å²) >= 11 is 5.98. The summed E-state index contributed by atoms with van der Waals surface area (Å²) < 4.78 is 5.11. The van der Waals surface area contributed by atoms with Crippen LogP contribution in [-0.4, -0.2) is 18.8 Å². The molecule has 0 aliphatic heterocycles. The van der Waals surface area contributed by atoms with Crippen LogP contribution in [-0.2, 0) is 5.60 Å². The predicted octanol–water partition coefficient (Wildman–Crippen LogP) is 1.51. The van der Waals surface area contributed by atoms with E-state index in [4.69, 9.17) is 22.1 Å². The van der Waals surface area contributed by atoms with Gasteiger partial charge in [0.15, 0.2) is 0 Å². The van der Waals surface area contributed by atoms with Crippen molar-refractivity contribution >= 4 is 11.6 Å². The number of hydrogen-bond donors (Lipinski definition) is 2. The SMILES string of the molecule is COc1cccc(Cl)c1C(C)(O)CN. The minimum Gasteiger partial charge on any atom is -0.496 e. The van der Waals surface area contributed by atoms with Gasteiger partial charge in [0.25, 0.3) is 0 Å². The Balaban J connectivity index is 3.30. The van der Waals surface area contributed by atoms with Crippen LogP contribution in [0.2, 0.25) is 5.02 Å². The van der Waals surface area contributed by atoms with Gasteiger partial charge in [0.05, 0.1) is 12.1 Å². The van der Waals surface area contributed by atoms with E-state index in [0.29, 0.717) is 16.3 Å². The average Bonchev–Trinajstić information content (AvgIpc) is 2.17. The summed E-state index contributed by atoms with van der Waals surface area (Å²) in [6.07, 6.45) is 0. The molecule has 0 radical (unpaired) electrons. The van der Waals surface area contributed by atoms with E-state index in [9.17, 15) is 5.11 Å². The summed E-state index contributed by atoms with van der Waals surface area (Å²) in [5.41, 5.74) is 4.84. The Bertz CT molecular complexity index is 326. The fourth-order valence-corrected chi connectivity index (χ4v) is 1.67. The molecule has 14 heavy (non-hydrogen) atoms. The van der Waals surface area contributed by atoms with Gasteiger partial charge in [0, 0.05) is 12.1 Å². The number of methoxy groups -OCH3 is 1. The van der Waals surface area contributed by atoms with Gasteiger partial charge in [-0.3, -0.25) is 0 Å². The first-order valence-corrected chi connectivity index (χ1v) is 4.66. The molecule has 0 bridgehead atoms. The molecule has 1 aromatic rings. The maximum absolute atomic E-state index is 10.00. The second kappa shape index (κ2) is 4.17. The number of rotatable bonds is 3. The molecule has 1 unspecified atom stereocenters. The van der Waals surface area contributed by atoms with E-state index < -0.39 is 5.60 Å². The fourth-order valence-electron chi connectivity index (χ4n) is 1.30. The average molecular weight is 216 g/mol. The Morgan fingerprint density at radius 1 is 1.57 bits per heavy atom. The number of nitrogens with two attached hydrogens (primary N) is 1. The first-order valence-electron chi connectivity index (χ1n) is 4.28. The Hall–Kier alpha value is -0.770. The third kappa shape index (κ3) is 2.00. The summed E-state index contributed by atoms with van der Waals surface area (Å²) in [6.45, 7) is 1.70. The Kier molecular flexibility index (Phi) is 3.37. The van der Waals surface area contributed by atoms with Gasteiger partial charge in [-0.15, -0.1) is 0 Å². The van der Waals surface area contributed by atoms with E-state index in [1.54, 1.807) is 25.1 Å². The van der Waals surface area contributed by atoms with Gasteiger partial charge in [-0.2, -0.15) is 0 Å². The molecule has 0 spiro atoms. The second-order valence-electron chi connectivity index (χ2n) is 3.30. The molecule has 3 nitrogen and oxygen atoms in total. The monoisotopic (exact) mass is 215 g/mol. The maximum atomic E-state index is 10.00. The Morgan fingerprint density at radius 2 is 2.21 bits per heavy atom. The van der Waals surface area contributed by atoms with Gasteiger partial charge >= 0.3 is 0 Å². The van der Waals surface area contributed by atoms with Crippen LogP contribution in [0.4, 0.5) is 0 Å². The van der Waals surface area contributed by atoms with E-state index in [2.05, 4.69) is 0 Å². The molecule has 0 fully saturated rings. The highest BCUT2D eigenvalue weighted by Crippen LogP contribution is 2.34. The number of aliphatic hydroxyl groups is 1. The van der Waals surface area contributed by atoms with Crippen LogP contribution in [0.15, 0.2) is 18.2 Å². The van der Waals surface area contributed by atoms with Crippen molar-refractivity contribution in [1.29, 1.82) is 0 Å². The van der Waals surface area contributed by atoms with Crippen LogP contribution >= 0.6 is 11.6 Å². The molecule has 4 heteroatoms. The number of ether oxygens (including phenoxy) is 1. The van der Waals surface area contributed by atoms with E-state index >= 15 is 0 Å². The zero-order valence-corrected chi connectivity index (χ0v) is 9.01. The van der Waals surface area contributed by atoms with Crippen molar-refractivity contribution in [2.45, 2.75) is 12.5 Å². The quantitative estimate of drug-likeness (QED) is 0.804. The minimum absolute atomic E-state index is 0.0904. The molecule has 0 aliphatic rings. The zero-order valence-electron chi connectivity index (χ0n) is 8.25. The molecule has 0 heterocycles. The van der Waals surface area contributed by atoms with Crippen molar-refractivity contribution < 1.29 is 9.84 Å². The third-order valence-electron chi connectivity index (χ3n) is 2.13. The van der Waals surface area contributed by atoms with Gasteiger partial charge in [0.1, 0.15) is 11.4 Å². The van der Waals surface area contributed by atoms with Crippen molar-refractivity contribution in [3.63, 3.8) is 0 Å². The van der Waals surface area contributed by atoms with Crippen LogP contribution in [0.1, 0.15) is 12.5 Å². The molecular formula is C10H14ClNO2.